The second kappa shape index (κ2) is 10.9. The average molecular weight is 459 g/mol. The highest BCUT2D eigenvalue weighted by Crippen LogP contribution is 2.22. The Kier molecular flexibility index (Phi) is 7.97. The fraction of sp³-hybridized carbons (Fsp3) is 0.227. The van der Waals surface area contributed by atoms with Crippen molar-refractivity contribution >= 4 is 35.0 Å². The highest BCUT2D eigenvalue weighted by atomic mass is 35.5. The number of amides is 1. The van der Waals surface area contributed by atoms with E-state index in [0.29, 0.717) is 34.0 Å². The predicted octanol–water partition coefficient (Wildman–Crippen LogP) is 4.74. The molecule has 0 aliphatic rings. The average Bonchev–Trinajstić information content (AvgIpc) is 3.15. The number of thioether (sulfide) groups is 1. The van der Waals surface area contributed by atoms with Gasteiger partial charge < -0.3 is 14.8 Å². The number of anilines is 1. The van der Waals surface area contributed by atoms with E-state index in [4.69, 9.17) is 21.1 Å². The van der Waals surface area contributed by atoms with Crippen molar-refractivity contribution in [3.05, 3.63) is 71.5 Å². The molecular formula is C22H23ClN4O3S. The molecule has 31 heavy (non-hydrogen) atoms. The molecule has 9 heteroatoms. The number of carbonyl (C=O) groups excluding carboxylic acids is 1. The summed E-state index contributed by atoms with van der Waals surface area (Å²) in [6, 6.07) is 12.7. The first kappa shape index (κ1) is 22.7. The molecule has 0 saturated heterocycles. The number of methoxy groups -OCH3 is 1. The van der Waals surface area contributed by atoms with Crippen LogP contribution in [-0.4, -0.2) is 33.5 Å². The van der Waals surface area contributed by atoms with Gasteiger partial charge in [0.1, 0.15) is 18.1 Å². The topological polar surface area (TPSA) is 78.3 Å². The number of hydrogen-bond donors (Lipinski definition) is 1. The van der Waals surface area contributed by atoms with Crippen molar-refractivity contribution < 1.29 is 14.3 Å². The van der Waals surface area contributed by atoms with E-state index >= 15 is 0 Å². The smallest absolute Gasteiger partial charge is 0.234 e. The van der Waals surface area contributed by atoms with Crippen LogP contribution in [0.2, 0.25) is 5.02 Å². The van der Waals surface area contributed by atoms with Gasteiger partial charge in [0.15, 0.2) is 11.0 Å². The molecule has 3 aromatic rings. The van der Waals surface area contributed by atoms with Crippen LogP contribution >= 0.6 is 23.4 Å². The number of ether oxygens (including phenoxy) is 2. The third-order valence-electron chi connectivity index (χ3n) is 4.32. The number of benzene rings is 2. The fourth-order valence-corrected chi connectivity index (χ4v) is 3.61. The number of carbonyl (C=O) groups is 1. The van der Waals surface area contributed by atoms with Crippen LogP contribution in [0.15, 0.2) is 60.3 Å². The number of hydrogen-bond acceptors (Lipinski definition) is 6. The Labute approximate surface area is 190 Å². The molecule has 1 amide bonds. The molecule has 0 bridgehead atoms. The number of nitrogens with zero attached hydrogens (tertiary/aromatic N) is 3. The van der Waals surface area contributed by atoms with Crippen LogP contribution in [0.3, 0.4) is 0 Å². The molecule has 0 aliphatic heterocycles. The standard InChI is InChI=1S/C22H23ClN4O3S/c1-4-11-27-20(13-30-18-9-7-17(29-3)8-10-18)25-26-22(27)31-14-21(28)24-16-6-5-15(2)19(23)12-16/h4-10,12H,1,11,13-14H2,2-3H3,(H,24,28). The maximum absolute atomic E-state index is 12.3. The minimum absolute atomic E-state index is 0.158. The lowest BCUT2D eigenvalue weighted by Crippen LogP contribution is -2.15. The molecule has 2 aromatic carbocycles. The van der Waals surface area contributed by atoms with Gasteiger partial charge in [0.2, 0.25) is 5.91 Å². The highest BCUT2D eigenvalue weighted by molar-refractivity contribution is 7.99. The van der Waals surface area contributed by atoms with E-state index in [-0.39, 0.29) is 18.3 Å². The van der Waals surface area contributed by atoms with Crippen molar-refractivity contribution in [1.29, 1.82) is 0 Å². The molecule has 0 radical (unpaired) electrons. The lowest BCUT2D eigenvalue weighted by atomic mass is 10.2. The molecule has 0 spiro atoms. The molecule has 1 aromatic heterocycles. The number of aromatic nitrogens is 3. The maximum Gasteiger partial charge on any atom is 0.234 e. The summed E-state index contributed by atoms with van der Waals surface area (Å²) in [5.74, 6) is 2.12. The van der Waals surface area contributed by atoms with E-state index in [0.717, 1.165) is 11.3 Å². The lowest BCUT2D eigenvalue weighted by molar-refractivity contribution is -0.113. The van der Waals surface area contributed by atoms with Crippen LogP contribution in [-0.2, 0) is 17.9 Å². The maximum atomic E-state index is 12.3. The molecule has 0 fully saturated rings. The molecular weight excluding hydrogens is 436 g/mol. The molecule has 1 N–H and O–H groups in total. The zero-order valence-electron chi connectivity index (χ0n) is 17.3. The number of halogens is 1. The quantitative estimate of drug-likeness (QED) is 0.349. The normalized spacial score (nSPS) is 10.5. The van der Waals surface area contributed by atoms with Gasteiger partial charge in [-0.15, -0.1) is 16.8 Å². The minimum Gasteiger partial charge on any atom is -0.497 e. The van der Waals surface area contributed by atoms with Gasteiger partial charge in [-0.25, -0.2) is 0 Å². The summed E-state index contributed by atoms with van der Waals surface area (Å²) in [7, 11) is 1.61. The van der Waals surface area contributed by atoms with Gasteiger partial charge in [0.25, 0.3) is 0 Å². The number of nitrogens with one attached hydrogen (secondary N) is 1. The van der Waals surface area contributed by atoms with Crippen LogP contribution < -0.4 is 14.8 Å². The molecule has 7 nitrogen and oxygen atoms in total. The number of rotatable bonds is 10. The van der Waals surface area contributed by atoms with Crippen molar-refractivity contribution in [2.75, 3.05) is 18.2 Å². The van der Waals surface area contributed by atoms with E-state index in [1.165, 1.54) is 11.8 Å². The molecule has 0 aliphatic carbocycles. The predicted molar refractivity (Wildman–Crippen MR) is 123 cm³/mol. The first-order valence-electron chi connectivity index (χ1n) is 9.48. The third kappa shape index (κ3) is 6.26. The molecule has 3 rings (SSSR count). The zero-order valence-corrected chi connectivity index (χ0v) is 18.9. The lowest BCUT2D eigenvalue weighted by Gasteiger charge is -2.10. The Morgan fingerprint density at radius 3 is 2.65 bits per heavy atom. The Balaban J connectivity index is 1.60. The Morgan fingerprint density at radius 1 is 1.23 bits per heavy atom. The van der Waals surface area contributed by atoms with E-state index in [9.17, 15) is 4.79 Å². The van der Waals surface area contributed by atoms with Crippen LogP contribution in [0.25, 0.3) is 0 Å². The molecule has 0 atom stereocenters. The molecule has 162 valence electrons. The van der Waals surface area contributed by atoms with Crippen molar-refractivity contribution in [2.45, 2.75) is 25.2 Å². The minimum atomic E-state index is -0.158. The van der Waals surface area contributed by atoms with Crippen molar-refractivity contribution in [3.63, 3.8) is 0 Å². The van der Waals surface area contributed by atoms with E-state index in [2.05, 4.69) is 22.1 Å². The molecule has 0 unspecified atom stereocenters. The van der Waals surface area contributed by atoms with E-state index in [1.807, 2.05) is 47.9 Å². The van der Waals surface area contributed by atoms with Gasteiger partial charge in [-0.05, 0) is 48.9 Å². The first-order valence-corrected chi connectivity index (χ1v) is 10.8. The first-order chi connectivity index (χ1) is 15.0. The molecule has 1 heterocycles. The fourth-order valence-electron chi connectivity index (χ4n) is 2.66. The second-order valence-electron chi connectivity index (χ2n) is 6.56. The number of allylic oxidation sites excluding steroid dienone is 1. The summed E-state index contributed by atoms with van der Waals surface area (Å²) in [5, 5.41) is 12.5. The summed E-state index contributed by atoms with van der Waals surface area (Å²) in [6.07, 6.45) is 1.75. The Morgan fingerprint density at radius 2 is 1.97 bits per heavy atom. The van der Waals surface area contributed by atoms with Crippen molar-refractivity contribution in [2.24, 2.45) is 0 Å². The summed E-state index contributed by atoms with van der Waals surface area (Å²) >= 11 is 7.41. The SMILES string of the molecule is C=CCn1c(COc2ccc(OC)cc2)nnc1SCC(=O)Nc1ccc(C)c(Cl)c1. The number of aryl methyl sites for hydroxylation is 1. The second-order valence-corrected chi connectivity index (χ2v) is 7.91. The largest absolute Gasteiger partial charge is 0.497 e. The van der Waals surface area contributed by atoms with Gasteiger partial charge in [0, 0.05) is 17.3 Å². The third-order valence-corrected chi connectivity index (χ3v) is 5.69. The Hall–Kier alpha value is -2.97. The summed E-state index contributed by atoms with van der Waals surface area (Å²) in [5.41, 5.74) is 1.61. The van der Waals surface area contributed by atoms with Gasteiger partial charge in [-0.1, -0.05) is 35.5 Å². The van der Waals surface area contributed by atoms with Crippen LogP contribution in [0, 0.1) is 6.92 Å². The monoisotopic (exact) mass is 458 g/mol. The van der Waals surface area contributed by atoms with Gasteiger partial charge in [-0.2, -0.15) is 0 Å². The summed E-state index contributed by atoms with van der Waals surface area (Å²) in [6.45, 7) is 6.44. The Bertz CT molecular complexity index is 1050. The van der Waals surface area contributed by atoms with Gasteiger partial charge in [-0.3, -0.25) is 9.36 Å². The zero-order chi connectivity index (χ0) is 22.2. The molecule has 0 saturated carbocycles. The van der Waals surface area contributed by atoms with Crippen LogP contribution in [0.4, 0.5) is 5.69 Å². The summed E-state index contributed by atoms with van der Waals surface area (Å²) in [4.78, 5) is 12.3. The van der Waals surface area contributed by atoms with Crippen molar-refractivity contribution in [3.8, 4) is 11.5 Å². The van der Waals surface area contributed by atoms with Crippen LogP contribution in [0.5, 0.6) is 11.5 Å². The summed E-state index contributed by atoms with van der Waals surface area (Å²) < 4.78 is 12.8. The van der Waals surface area contributed by atoms with Crippen LogP contribution in [0.1, 0.15) is 11.4 Å². The van der Waals surface area contributed by atoms with Gasteiger partial charge in [0.05, 0.1) is 12.9 Å². The highest BCUT2D eigenvalue weighted by Gasteiger charge is 2.14. The van der Waals surface area contributed by atoms with Gasteiger partial charge >= 0.3 is 0 Å². The van der Waals surface area contributed by atoms with E-state index in [1.54, 1.807) is 19.3 Å². The van der Waals surface area contributed by atoms with Crippen molar-refractivity contribution in [1.82, 2.24) is 14.8 Å². The van der Waals surface area contributed by atoms with E-state index < -0.39 is 0 Å².